The topological polar surface area (TPSA) is 157 Å². The number of hydrogen-bond donors (Lipinski definition) is 4. The van der Waals surface area contributed by atoms with Gasteiger partial charge < -0.3 is 43.3 Å². The van der Waals surface area contributed by atoms with Gasteiger partial charge in [0.05, 0.1) is 22.5 Å². The maximum atomic E-state index is 14.6. The van der Waals surface area contributed by atoms with Gasteiger partial charge in [-0.3, -0.25) is 24.1 Å². The van der Waals surface area contributed by atoms with Crippen molar-refractivity contribution < 1.29 is 37.4 Å². The Kier molecular flexibility index (Phi) is 18.9. The van der Waals surface area contributed by atoms with Crippen LogP contribution < -0.4 is 31.1 Å². The molecule has 0 bridgehead atoms. The van der Waals surface area contributed by atoms with E-state index in [-0.39, 0.29) is 48.7 Å². The molecule has 2 aliphatic carbocycles. The van der Waals surface area contributed by atoms with Crippen LogP contribution >= 0.6 is 52.2 Å². The van der Waals surface area contributed by atoms with E-state index in [0.29, 0.717) is 74.8 Å². The molecule has 4 N–H and O–H groups in total. The number of aromatic nitrogens is 2. The SMILES string of the molecule is C.[C-]#[N+]c1ncc(N2C(=O)C3(CCC3)N(c3ccc(C(=O)NC)c(F)c3)C2=S)cc1C.[C-]#[N+]c1ncc(NC(=O)C2(Nc3ccc(C(=O)NC)c(F)c3)CCC2)cc1C.[CH3-].[I][V][I]. The van der Waals surface area contributed by atoms with Gasteiger partial charge in [0.2, 0.25) is 5.91 Å². The predicted octanol–water partition coefficient (Wildman–Crippen LogP) is 9.77. The van der Waals surface area contributed by atoms with Gasteiger partial charge in [0.15, 0.2) is 5.11 Å². The van der Waals surface area contributed by atoms with Crippen LogP contribution in [0.3, 0.4) is 0 Å². The number of pyridine rings is 2. The van der Waals surface area contributed by atoms with Crippen molar-refractivity contribution in [2.45, 2.75) is 70.9 Å². The fourth-order valence-corrected chi connectivity index (χ4v) is 7.56. The van der Waals surface area contributed by atoms with Crippen LogP contribution in [0.15, 0.2) is 60.9 Å². The molecule has 2 aromatic heterocycles. The molecule has 3 heterocycles. The van der Waals surface area contributed by atoms with E-state index in [9.17, 15) is 28.0 Å². The Morgan fingerprint density at radius 3 is 1.78 bits per heavy atom. The second-order valence-electron chi connectivity index (χ2n) is 14.2. The number of halogens is 4. The predicted molar refractivity (Wildman–Crippen MR) is 259 cm³/mol. The summed E-state index contributed by atoms with van der Waals surface area (Å²) in [7, 11) is 3.49. The third-order valence-electron chi connectivity index (χ3n) is 10.6. The average Bonchev–Trinajstić information content (AvgIpc) is 3.45. The van der Waals surface area contributed by atoms with Crippen molar-refractivity contribution in [1.82, 2.24) is 20.6 Å². The second-order valence-corrected chi connectivity index (χ2v) is 26.3. The molecular formula is C43H45F2I2N10O4SV-. The van der Waals surface area contributed by atoms with Gasteiger partial charge in [-0.1, -0.05) is 20.6 Å². The average molecular weight is 1140 g/mol. The summed E-state index contributed by atoms with van der Waals surface area (Å²) >= 11 is 10.4. The zero-order valence-electron chi connectivity index (χ0n) is 34.2. The summed E-state index contributed by atoms with van der Waals surface area (Å²) in [5, 5.41) is 11.0. The van der Waals surface area contributed by atoms with Crippen molar-refractivity contribution in [3.05, 3.63) is 125 Å². The molecule has 0 radical (unpaired) electrons. The number of aryl methyl sites for hydroxylation is 2. The van der Waals surface area contributed by atoms with Gasteiger partial charge in [0.1, 0.15) is 35.1 Å². The summed E-state index contributed by atoms with van der Waals surface area (Å²) in [5.41, 5.74) is 1.29. The third-order valence-corrected chi connectivity index (χ3v) is 10.9. The second kappa shape index (κ2) is 22.7. The van der Waals surface area contributed by atoms with Gasteiger partial charge in [0, 0.05) is 25.5 Å². The normalized spacial score (nSPS) is 14.8. The van der Waals surface area contributed by atoms with Gasteiger partial charge >= 0.3 is 49.4 Å². The standard InChI is InChI=1S/C21H18FN5O2S.C20H20FN5O2.CH4.CH3.2HI.V/c1-12-9-14(11-25-17(12)23-2)26-19(29)21(7-4-8-21)27(20(26)30)13-5-6-15(16(22)10-13)18(28)24-3;1-12-9-14(11-24-17(12)22-2)25-19(28)20(7-4-8-20)26-13-5-6-15(16(21)10-13)18(27)23-3;;;;;/h5-6,9-11H,4,7-8H2,1,3H3,(H,24,28);5-6,9-11,26H,4,7-8H2,1,3H3,(H,23,27)(H,25,28);1H4;1H3;2*1H;/q;;;-1;;;+2/p-2. The molecule has 331 valence electrons. The summed E-state index contributed by atoms with van der Waals surface area (Å²) in [6, 6.07) is 11.8. The van der Waals surface area contributed by atoms with Crippen LogP contribution in [0.5, 0.6) is 0 Å². The molecule has 0 atom stereocenters. The molecule has 1 spiro atoms. The van der Waals surface area contributed by atoms with Crippen LogP contribution in [-0.4, -0.2) is 63.9 Å². The molecule has 4 aromatic rings. The molecule has 14 nitrogen and oxygen atoms in total. The van der Waals surface area contributed by atoms with E-state index in [1.54, 1.807) is 43.0 Å². The zero-order chi connectivity index (χ0) is 44.6. The summed E-state index contributed by atoms with van der Waals surface area (Å²) in [6.07, 6.45) is 7.01. The molecule has 2 aromatic carbocycles. The fourth-order valence-electron chi connectivity index (χ4n) is 7.09. The number of anilines is 4. The summed E-state index contributed by atoms with van der Waals surface area (Å²) < 4.78 is 28.8. The monoisotopic (exact) mass is 1140 g/mol. The number of thiocarbonyl (C=S) groups is 1. The van der Waals surface area contributed by atoms with Gasteiger partial charge in [-0.15, -0.1) is 9.97 Å². The molecule has 63 heavy (non-hydrogen) atoms. The molecule has 1 aliphatic heterocycles. The van der Waals surface area contributed by atoms with Gasteiger partial charge in [-0.05, 0) is 124 Å². The number of benzene rings is 2. The number of nitrogens with zero attached hydrogens (tertiary/aromatic N) is 6. The van der Waals surface area contributed by atoms with Gasteiger partial charge in [-0.2, -0.15) is 0 Å². The van der Waals surface area contributed by atoms with E-state index in [0.717, 1.165) is 12.8 Å². The van der Waals surface area contributed by atoms with Crippen LogP contribution in [0.4, 0.5) is 43.2 Å². The van der Waals surface area contributed by atoms with E-state index in [2.05, 4.69) is 80.9 Å². The van der Waals surface area contributed by atoms with Crippen LogP contribution in [0.1, 0.15) is 77.8 Å². The molecule has 2 saturated carbocycles. The van der Waals surface area contributed by atoms with Gasteiger partial charge in [-0.25, -0.2) is 8.78 Å². The summed E-state index contributed by atoms with van der Waals surface area (Å²) in [4.78, 5) is 67.6. The number of carbonyl (C=O) groups is 4. The Morgan fingerprint density at radius 2 is 1.33 bits per heavy atom. The first-order chi connectivity index (χ1) is 29.1. The van der Waals surface area contributed by atoms with Gasteiger partial charge in [0.25, 0.3) is 29.4 Å². The summed E-state index contributed by atoms with van der Waals surface area (Å²) in [6.45, 7) is 17.7. The third kappa shape index (κ3) is 10.9. The Hall–Kier alpha value is -4.81. The van der Waals surface area contributed by atoms with Crippen molar-refractivity contribution in [2.24, 2.45) is 0 Å². The molecule has 7 rings (SSSR count). The number of carbonyl (C=O) groups excluding carboxylic acids is 4. The first kappa shape index (κ1) is 52.5. The van der Waals surface area contributed by atoms with Crippen molar-refractivity contribution >= 4 is 115 Å². The minimum atomic E-state index is -0.871. The minimum absolute atomic E-state index is 0. The fraction of sp³-hybridized carbons (Fsp3) is 0.302. The number of hydrogen-bond acceptors (Lipinski definition) is 8. The quantitative estimate of drug-likeness (QED) is 0.0767. The van der Waals surface area contributed by atoms with Crippen LogP contribution in [0.2, 0.25) is 0 Å². The van der Waals surface area contributed by atoms with E-state index in [1.807, 2.05) is 0 Å². The molecular weight excluding hydrogens is 1100 g/mol. The number of rotatable bonds is 8. The van der Waals surface area contributed by atoms with Crippen LogP contribution in [-0.2, 0) is 19.1 Å². The van der Waals surface area contributed by atoms with E-state index < -0.39 is 34.5 Å². The van der Waals surface area contributed by atoms with Crippen molar-refractivity contribution in [3.8, 4) is 0 Å². The zero-order valence-corrected chi connectivity index (χ0v) is 40.7. The Balaban J connectivity index is 0.000000307. The molecule has 1 saturated heterocycles. The van der Waals surface area contributed by atoms with Crippen molar-refractivity contribution in [1.29, 1.82) is 0 Å². The Bertz CT molecular complexity index is 2490. The maximum absolute atomic E-state index is 14.6. The van der Waals surface area contributed by atoms with E-state index in [1.165, 1.54) is 55.7 Å². The number of nitrogens with one attached hydrogen (secondary N) is 4. The van der Waals surface area contributed by atoms with E-state index in [4.69, 9.17) is 25.4 Å². The van der Waals surface area contributed by atoms with Crippen molar-refractivity contribution in [2.75, 3.05) is 34.5 Å². The van der Waals surface area contributed by atoms with Crippen molar-refractivity contribution in [3.63, 3.8) is 0 Å². The molecule has 3 aliphatic rings. The van der Waals surface area contributed by atoms with Crippen LogP contribution in [0, 0.1) is 46.1 Å². The summed E-state index contributed by atoms with van der Waals surface area (Å²) in [5.74, 6) is -2.26. The molecule has 20 heteroatoms. The first-order valence-corrected chi connectivity index (χ1v) is 28.0. The van der Waals surface area contributed by atoms with Crippen LogP contribution in [0.25, 0.3) is 9.69 Å². The van der Waals surface area contributed by atoms with E-state index >= 15 is 0 Å². The molecule has 4 amide bonds. The number of amides is 4. The first-order valence-electron chi connectivity index (χ1n) is 18.6. The molecule has 3 fully saturated rings. The molecule has 0 unspecified atom stereocenters. The Labute approximate surface area is 400 Å². The Morgan fingerprint density at radius 1 is 0.810 bits per heavy atom.